The molecule has 2 saturated heterocycles. The minimum absolute atomic E-state index is 0.0349. The molecule has 2 amide bonds. The maximum Gasteiger partial charge on any atom is 0.226 e. The first-order chi connectivity index (χ1) is 13.4. The van der Waals surface area contributed by atoms with Crippen LogP contribution >= 0.6 is 0 Å². The molecule has 0 bridgehead atoms. The first kappa shape index (κ1) is 20.6. The Morgan fingerprint density at radius 2 is 1.75 bits per heavy atom. The number of hydrogen-bond donors (Lipinski definition) is 0. The van der Waals surface area contributed by atoms with Crippen molar-refractivity contribution in [3.63, 3.8) is 0 Å². The van der Waals surface area contributed by atoms with Crippen LogP contribution in [0.2, 0.25) is 0 Å². The number of sulfone groups is 1. The van der Waals surface area contributed by atoms with Gasteiger partial charge in [-0.1, -0.05) is 12.1 Å². The Morgan fingerprint density at radius 1 is 1.07 bits per heavy atom. The van der Waals surface area contributed by atoms with E-state index in [1.54, 1.807) is 12.0 Å². The number of carbonyl (C=O) groups is 2. The monoisotopic (exact) mass is 408 g/mol. The average Bonchev–Trinajstić information content (AvgIpc) is 2.90. The third-order valence-corrected chi connectivity index (χ3v) is 7.30. The lowest BCUT2D eigenvalue weighted by atomic mass is 10.1. The Morgan fingerprint density at radius 3 is 2.39 bits per heavy atom. The molecular formula is C20H28N2O5S. The summed E-state index contributed by atoms with van der Waals surface area (Å²) in [6, 6.07) is 7.70. The van der Waals surface area contributed by atoms with Crippen molar-refractivity contribution in [1.82, 2.24) is 9.80 Å². The van der Waals surface area contributed by atoms with Crippen molar-refractivity contribution in [1.29, 1.82) is 0 Å². The summed E-state index contributed by atoms with van der Waals surface area (Å²) < 4.78 is 28.4. The minimum atomic E-state index is -3.07. The van der Waals surface area contributed by atoms with Crippen LogP contribution in [0.25, 0.3) is 0 Å². The van der Waals surface area contributed by atoms with Crippen molar-refractivity contribution >= 4 is 21.7 Å². The molecule has 1 atom stereocenters. The highest BCUT2D eigenvalue weighted by atomic mass is 32.2. The fraction of sp³-hybridized carbons (Fsp3) is 0.600. The highest BCUT2D eigenvalue weighted by molar-refractivity contribution is 7.91. The van der Waals surface area contributed by atoms with Crippen LogP contribution in [-0.2, 0) is 25.8 Å². The van der Waals surface area contributed by atoms with Gasteiger partial charge in [0.2, 0.25) is 11.8 Å². The number of ether oxygens (including phenoxy) is 1. The predicted molar refractivity (Wildman–Crippen MR) is 106 cm³/mol. The van der Waals surface area contributed by atoms with Gasteiger partial charge in [-0.15, -0.1) is 0 Å². The van der Waals surface area contributed by atoms with E-state index in [1.165, 1.54) is 0 Å². The molecule has 2 heterocycles. The number of amides is 2. The number of aryl methyl sites for hydroxylation is 1. The normalized spacial score (nSPS) is 22.0. The second kappa shape index (κ2) is 8.94. The lowest BCUT2D eigenvalue weighted by molar-refractivity contribution is -0.135. The molecule has 1 unspecified atom stereocenters. The SMILES string of the molecule is COc1ccc(CCC(=O)N2CCCN(C(=O)C3CCS(=O)(=O)C3)CC2)cc1. The van der Waals surface area contributed by atoms with Gasteiger partial charge in [-0.2, -0.15) is 0 Å². The zero-order valence-electron chi connectivity index (χ0n) is 16.3. The molecule has 0 N–H and O–H groups in total. The summed E-state index contributed by atoms with van der Waals surface area (Å²) in [5, 5.41) is 0. The van der Waals surface area contributed by atoms with Gasteiger partial charge in [0, 0.05) is 32.6 Å². The van der Waals surface area contributed by atoms with Gasteiger partial charge in [-0.05, 0) is 37.0 Å². The van der Waals surface area contributed by atoms with E-state index in [2.05, 4.69) is 0 Å². The summed E-state index contributed by atoms with van der Waals surface area (Å²) in [4.78, 5) is 28.8. The predicted octanol–water partition coefficient (Wildman–Crippen LogP) is 1.12. The van der Waals surface area contributed by atoms with Gasteiger partial charge in [-0.25, -0.2) is 8.42 Å². The second-order valence-corrected chi connectivity index (χ2v) is 9.74. The molecule has 28 heavy (non-hydrogen) atoms. The van der Waals surface area contributed by atoms with Crippen molar-refractivity contribution in [2.24, 2.45) is 5.92 Å². The molecule has 1 aromatic carbocycles. The molecular weight excluding hydrogens is 380 g/mol. The number of hydrogen-bond acceptors (Lipinski definition) is 5. The molecule has 8 heteroatoms. The number of methoxy groups -OCH3 is 1. The van der Waals surface area contributed by atoms with Gasteiger partial charge in [0.1, 0.15) is 5.75 Å². The molecule has 154 valence electrons. The van der Waals surface area contributed by atoms with Crippen LogP contribution < -0.4 is 4.74 Å². The van der Waals surface area contributed by atoms with Crippen LogP contribution in [0.4, 0.5) is 0 Å². The topological polar surface area (TPSA) is 84.0 Å². The van der Waals surface area contributed by atoms with E-state index in [-0.39, 0.29) is 23.3 Å². The fourth-order valence-corrected chi connectivity index (χ4v) is 5.57. The summed E-state index contributed by atoms with van der Waals surface area (Å²) in [5.41, 5.74) is 1.09. The molecule has 0 aromatic heterocycles. The van der Waals surface area contributed by atoms with Crippen molar-refractivity contribution in [2.45, 2.75) is 25.7 Å². The molecule has 0 saturated carbocycles. The van der Waals surface area contributed by atoms with E-state index < -0.39 is 15.8 Å². The second-order valence-electron chi connectivity index (χ2n) is 7.51. The highest BCUT2D eigenvalue weighted by Gasteiger charge is 2.35. The smallest absolute Gasteiger partial charge is 0.226 e. The summed E-state index contributed by atoms with van der Waals surface area (Å²) >= 11 is 0. The number of rotatable bonds is 5. The van der Waals surface area contributed by atoms with Crippen molar-refractivity contribution in [2.75, 3.05) is 44.8 Å². The maximum absolute atomic E-state index is 12.6. The van der Waals surface area contributed by atoms with E-state index in [0.717, 1.165) is 17.7 Å². The molecule has 2 aliphatic heterocycles. The molecule has 7 nitrogen and oxygen atoms in total. The van der Waals surface area contributed by atoms with Gasteiger partial charge in [0.15, 0.2) is 9.84 Å². The lowest BCUT2D eigenvalue weighted by Gasteiger charge is -2.24. The van der Waals surface area contributed by atoms with E-state index in [4.69, 9.17) is 4.74 Å². The van der Waals surface area contributed by atoms with Crippen molar-refractivity contribution in [3.8, 4) is 5.75 Å². The fourth-order valence-electron chi connectivity index (χ4n) is 3.84. The molecule has 0 spiro atoms. The van der Waals surface area contributed by atoms with Gasteiger partial charge in [0.05, 0.1) is 24.5 Å². The van der Waals surface area contributed by atoms with Crippen LogP contribution in [0, 0.1) is 5.92 Å². The number of carbonyl (C=O) groups excluding carboxylic acids is 2. The molecule has 0 radical (unpaired) electrons. The summed E-state index contributed by atoms with van der Waals surface area (Å²) in [5.74, 6) is 0.465. The molecule has 3 rings (SSSR count). The van der Waals surface area contributed by atoms with Crippen LogP contribution in [0.5, 0.6) is 5.75 Å². The van der Waals surface area contributed by atoms with Gasteiger partial charge >= 0.3 is 0 Å². The Bertz CT molecular complexity index is 806. The zero-order valence-corrected chi connectivity index (χ0v) is 17.1. The first-order valence-electron chi connectivity index (χ1n) is 9.78. The minimum Gasteiger partial charge on any atom is -0.497 e. The Labute approximate surface area is 166 Å². The van der Waals surface area contributed by atoms with E-state index in [9.17, 15) is 18.0 Å². The number of nitrogens with zero attached hydrogens (tertiary/aromatic N) is 2. The summed E-state index contributed by atoms with van der Waals surface area (Å²) in [6.45, 7) is 2.20. The standard InChI is InChI=1S/C20H28N2O5S/c1-27-18-6-3-16(4-7-18)5-8-19(23)21-10-2-11-22(13-12-21)20(24)17-9-14-28(25,26)15-17/h3-4,6-7,17H,2,5,8-15H2,1H3. The van der Waals surface area contributed by atoms with E-state index in [0.29, 0.717) is 45.4 Å². The first-order valence-corrected chi connectivity index (χ1v) is 11.6. The largest absolute Gasteiger partial charge is 0.497 e. The third-order valence-electron chi connectivity index (χ3n) is 5.53. The van der Waals surface area contributed by atoms with Crippen LogP contribution in [-0.4, -0.2) is 74.8 Å². The highest BCUT2D eigenvalue weighted by Crippen LogP contribution is 2.21. The molecule has 2 fully saturated rings. The third kappa shape index (κ3) is 5.25. The lowest BCUT2D eigenvalue weighted by Crippen LogP contribution is -2.40. The Kier molecular flexibility index (Phi) is 6.59. The van der Waals surface area contributed by atoms with Crippen LogP contribution in [0.3, 0.4) is 0 Å². The maximum atomic E-state index is 12.6. The molecule has 0 aliphatic carbocycles. The number of benzene rings is 1. The van der Waals surface area contributed by atoms with E-state index >= 15 is 0 Å². The molecule has 2 aliphatic rings. The quantitative estimate of drug-likeness (QED) is 0.729. The van der Waals surface area contributed by atoms with Gasteiger partial charge in [0.25, 0.3) is 0 Å². The Balaban J connectivity index is 1.48. The Hall–Kier alpha value is -2.09. The summed E-state index contributed by atoms with van der Waals surface area (Å²) in [7, 11) is -1.45. The van der Waals surface area contributed by atoms with Gasteiger partial charge in [-0.3, -0.25) is 9.59 Å². The zero-order chi connectivity index (χ0) is 20.1. The average molecular weight is 409 g/mol. The van der Waals surface area contributed by atoms with E-state index in [1.807, 2.05) is 29.2 Å². The summed E-state index contributed by atoms with van der Waals surface area (Å²) in [6.07, 6.45) is 2.24. The molecule has 1 aromatic rings. The van der Waals surface area contributed by atoms with Gasteiger partial charge < -0.3 is 14.5 Å². The van der Waals surface area contributed by atoms with Crippen LogP contribution in [0.1, 0.15) is 24.8 Å². The van der Waals surface area contributed by atoms with Crippen molar-refractivity contribution in [3.05, 3.63) is 29.8 Å². The van der Waals surface area contributed by atoms with Crippen LogP contribution in [0.15, 0.2) is 24.3 Å². The van der Waals surface area contributed by atoms with Crippen molar-refractivity contribution < 1.29 is 22.7 Å².